The third-order valence-electron chi connectivity index (χ3n) is 3.88. The van der Waals surface area contributed by atoms with E-state index in [1.807, 2.05) is 18.2 Å². The molecule has 0 aliphatic rings. The Morgan fingerprint density at radius 3 is 2.71 bits per heavy atom. The number of benzene rings is 2. The third kappa shape index (κ3) is 2.68. The lowest BCUT2D eigenvalue weighted by molar-refractivity contribution is 0.862. The second-order valence-electron chi connectivity index (χ2n) is 5.13. The Hall–Kier alpha value is -1.45. The Balaban J connectivity index is 1.94. The highest BCUT2D eigenvalue weighted by atomic mass is 79.9. The second kappa shape index (κ2) is 5.74. The fourth-order valence-electron chi connectivity index (χ4n) is 2.70. The molecule has 0 aliphatic heterocycles. The van der Waals surface area contributed by atoms with E-state index in [-0.39, 0.29) is 0 Å². The summed E-state index contributed by atoms with van der Waals surface area (Å²) in [5.74, 6) is 0. The lowest BCUT2D eigenvalue weighted by atomic mass is 10.1. The molecular weight excluding hydrogens is 348 g/mol. The molecule has 0 bridgehead atoms. The van der Waals surface area contributed by atoms with Crippen molar-refractivity contribution in [3.05, 3.63) is 63.2 Å². The Morgan fingerprint density at radius 2 is 1.95 bits per heavy atom. The third-order valence-corrected chi connectivity index (χ3v) is 4.81. The van der Waals surface area contributed by atoms with E-state index in [0.717, 1.165) is 21.7 Å². The van der Waals surface area contributed by atoms with Crippen LogP contribution in [0.5, 0.6) is 0 Å². The van der Waals surface area contributed by atoms with Crippen molar-refractivity contribution in [3.8, 4) is 0 Å². The quantitative estimate of drug-likeness (QED) is 0.649. The highest BCUT2D eigenvalue weighted by Gasteiger charge is 2.11. The lowest BCUT2D eigenvalue weighted by Gasteiger charge is -2.11. The van der Waals surface area contributed by atoms with Crippen molar-refractivity contribution in [3.63, 3.8) is 0 Å². The molecule has 0 saturated carbocycles. The molecule has 0 fully saturated rings. The number of rotatable bonds is 3. The van der Waals surface area contributed by atoms with Crippen molar-refractivity contribution in [1.29, 1.82) is 0 Å². The van der Waals surface area contributed by atoms with Crippen LogP contribution in [0.15, 0.2) is 46.9 Å². The van der Waals surface area contributed by atoms with Gasteiger partial charge in [0.25, 0.3) is 0 Å². The molecule has 2 nitrogen and oxygen atoms in total. The molecule has 0 spiro atoms. The van der Waals surface area contributed by atoms with Gasteiger partial charge in [0, 0.05) is 33.1 Å². The van der Waals surface area contributed by atoms with Gasteiger partial charge in [0.1, 0.15) is 0 Å². The predicted molar refractivity (Wildman–Crippen MR) is 94.1 cm³/mol. The van der Waals surface area contributed by atoms with Gasteiger partial charge < -0.3 is 9.88 Å². The summed E-state index contributed by atoms with van der Waals surface area (Å²) in [6.45, 7) is 2.93. The second-order valence-corrected chi connectivity index (χ2v) is 6.42. The van der Waals surface area contributed by atoms with Crippen LogP contribution in [0, 0.1) is 6.92 Å². The van der Waals surface area contributed by atoms with Crippen molar-refractivity contribution in [1.82, 2.24) is 4.57 Å². The molecule has 0 amide bonds. The van der Waals surface area contributed by atoms with Crippen molar-refractivity contribution < 1.29 is 0 Å². The summed E-state index contributed by atoms with van der Waals surface area (Å²) >= 11 is 9.61. The Labute approximate surface area is 137 Å². The Kier molecular flexibility index (Phi) is 3.96. The minimum atomic E-state index is 0.731. The number of nitrogens with zero attached hydrogens (tertiary/aromatic N) is 1. The molecular formula is C17H16BrClN2. The summed E-state index contributed by atoms with van der Waals surface area (Å²) in [5, 5.41) is 5.50. The fraction of sp³-hybridized carbons (Fsp3) is 0.176. The number of halogens is 2. The molecule has 0 atom stereocenters. The molecule has 0 aliphatic carbocycles. The van der Waals surface area contributed by atoms with Crippen LogP contribution in [-0.2, 0) is 13.6 Å². The minimum absolute atomic E-state index is 0.731. The first-order valence-corrected chi connectivity index (χ1v) is 7.97. The van der Waals surface area contributed by atoms with Crippen LogP contribution in [-0.4, -0.2) is 4.57 Å². The van der Waals surface area contributed by atoms with E-state index in [4.69, 9.17) is 11.6 Å². The maximum absolute atomic E-state index is 6.06. The van der Waals surface area contributed by atoms with Crippen LogP contribution in [0.4, 0.5) is 5.69 Å². The van der Waals surface area contributed by atoms with Crippen LogP contribution >= 0.6 is 27.5 Å². The molecule has 2 aromatic carbocycles. The molecule has 0 saturated heterocycles. The van der Waals surface area contributed by atoms with E-state index in [1.165, 1.54) is 22.2 Å². The van der Waals surface area contributed by atoms with E-state index in [1.54, 1.807) is 0 Å². The van der Waals surface area contributed by atoms with Gasteiger partial charge in [-0.3, -0.25) is 0 Å². The van der Waals surface area contributed by atoms with Gasteiger partial charge in [0.2, 0.25) is 0 Å². The number of para-hydroxylation sites is 1. The summed E-state index contributed by atoms with van der Waals surface area (Å²) in [7, 11) is 2.11. The molecule has 21 heavy (non-hydrogen) atoms. The number of aryl methyl sites for hydroxylation is 2. The van der Waals surface area contributed by atoms with Crippen LogP contribution in [0.3, 0.4) is 0 Å². The van der Waals surface area contributed by atoms with Gasteiger partial charge in [-0.1, -0.05) is 29.8 Å². The van der Waals surface area contributed by atoms with Crippen LogP contribution in [0.25, 0.3) is 10.9 Å². The number of nitrogens with one attached hydrogen (secondary N) is 1. The molecule has 1 heterocycles. The zero-order valence-electron chi connectivity index (χ0n) is 12.0. The predicted octanol–water partition coefficient (Wildman–Crippen LogP) is 5.51. The molecule has 1 aromatic heterocycles. The fourth-order valence-corrected chi connectivity index (χ4v) is 3.26. The maximum atomic E-state index is 6.06. The molecule has 4 heteroatoms. The van der Waals surface area contributed by atoms with Gasteiger partial charge in [-0.05, 0) is 52.7 Å². The zero-order chi connectivity index (χ0) is 15.0. The van der Waals surface area contributed by atoms with Crippen LogP contribution in [0.1, 0.15) is 11.3 Å². The largest absolute Gasteiger partial charge is 0.379 e. The molecule has 108 valence electrons. The van der Waals surface area contributed by atoms with Gasteiger partial charge in [0.05, 0.1) is 12.2 Å². The van der Waals surface area contributed by atoms with E-state index in [9.17, 15) is 0 Å². The first kappa shape index (κ1) is 14.5. The first-order valence-electron chi connectivity index (χ1n) is 6.79. The Morgan fingerprint density at radius 1 is 1.19 bits per heavy atom. The number of fused-ring (bicyclic) bond motifs is 1. The van der Waals surface area contributed by atoms with Gasteiger partial charge in [-0.15, -0.1) is 0 Å². The van der Waals surface area contributed by atoms with Crippen molar-refractivity contribution in [2.45, 2.75) is 13.5 Å². The summed E-state index contributed by atoms with van der Waals surface area (Å²) in [4.78, 5) is 0. The van der Waals surface area contributed by atoms with Crippen molar-refractivity contribution in [2.24, 2.45) is 7.05 Å². The highest BCUT2D eigenvalue weighted by molar-refractivity contribution is 9.10. The summed E-state index contributed by atoms with van der Waals surface area (Å²) in [5.41, 5.74) is 4.87. The monoisotopic (exact) mass is 362 g/mol. The van der Waals surface area contributed by atoms with E-state index < -0.39 is 0 Å². The molecule has 0 radical (unpaired) electrons. The molecule has 3 aromatic rings. The van der Waals surface area contributed by atoms with Crippen LogP contribution in [0.2, 0.25) is 5.02 Å². The lowest BCUT2D eigenvalue weighted by Crippen LogP contribution is -2.06. The summed E-state index contributed by atoms with van der Waals surface area (Å²) < 4.78 is 3.26. The normalized spacial score (nSPS) is 11.0. The number of anilines is 1. The van der Waals surface area contributed by atoms with Gasteiger partial charge >= 0.3 is 0 Å². The molecule has 3 rings (SSSR count). The maximum Gasteiger partial charge on any atom is 0.0556 e. The highest BCUT2D eigenvalue weighted by Crippen LogP contribution is 2.28. The number of aromatic nitrogens is 1. The van der Waals surface area contributed by atoms with E-state index in [0.29, 0.717) is 0 Å². The van der Waals surface area contributed by atoms with Crippen LogP contribution < -0.4 is 5.32 Å². The average molecular weight is 364 g/mol. The van der Waals surface area contributed by atoms with Crippen molar-refractivity contribution in [2.75, 3.05) is 5.32 Å². The molecule has 1 N–H and O–H groups in total. The first-order chi connectivity index (χ1) is 10.1. The standard InChI is InChI=1S/C17H16BrClN2/c1-11-13-5-3-4-6-16(13)21(2)17(11)10-20-15-9-12(19)7-8-14(15)18/h3-9,20H,10H2,1-2H3. The molecule has 0 unspecified atom stereocenters. The average Bonchev–Trinajstić information content (AvgIpc) is 2.73. The summed E-state index contributed by atoms with van der Waals surface area (Å²) in [6.07, 6.45) is 0. The minimum Gasteiger partial charge on any atom is -0.379 e. The van der Waals surface area contributed by atoms with E-state index >= 15 is 0 Å². The van der Waals surface area contributed by atoms with Crippen molar-refractivity contribution >= 4 is 44.1 Å². The van der Waals surface area contributed by atoms with E-state index in [2.05, 4.69) is 64.1 Å². The zero-order valence-corrected chi connectivity index (χ0v) is 14.3. The van der Waals surface area contributed by atoms with Gasteiger partial charge in [-0.25, -0.2) is 0 Å². The van der Waals surface area contributed by atoms with Gasteiger partial charge in [-0.2, -0.15) is 0 Å². The number of hydrogen-bond acceptors (Lipinski definition) is 1. The van der Waals surface area contributed by atoms with Gasteiger partial charge in [0.15, 0.2) is 0 Å². The Bertz CT molecular complexity index is 769. The number of hydrogen-bond donors (Lipinski definition) is 1. The smallest absolute Gasteiger partial charge is 0.0556 e. The SMILES string of the molecule is Cc1c(CNc2cc(Cl)ccc2Br)n(C)c2ccccc12. The summed E-state index contributed by atoms with van der Waals surface area (Å²) in [6, 6.07) is 14.2. The topological polar surface area (TPSA) is 17.0 Å².